The van der Waals surface area contributed by atoms with Gasteiger partial charge in [-0.25, -0.2) is 14.3 Å². The van der Waals surface area contributed by atoms with Gasteiger partial charge in [0.1, 0.15) is 11.3 Å². The van der Waals surface area contributed by atoms with Crippen LogP contribution in [0.5, 0.6) is 0 Å². The van der Waals surface area contributed by atoms with Gasteiger partial charge in [0.25, 0.3) is 5.56 Å². The van der Waals surface area contributed by atoms with Gasteiger partial charge in [-0.15, -0.1) is 23.2 Å². The molecular formula is C26H31Cl2N7O3. The monoisotopic (exact) mass is 559 g/mol. The van der Waals surface area contributed by atoms with Gasteiger partial charge in [0, 0.05) is 31.3 Å². The largest absolute Gasteiger partial charge is 0.444 e. The lowest BCUT2D eigenvalue weighted by Gasteiger charge is -2.33. The fourth-order valence-corrected chi connectivity index (χ4v) is 4.47. The number of amides is 1. The molecule has 4 aromatic rings. The average Bonchev–Trinajstić information content (AvgIpc) is 3.28. The van der Waals surface area contributed by atoms with Crippen molar-refractivity contribution in [2.45, 2.75) is 59.0 Å². The van der Waals surface area contributed by atoms with Crippen molar-refractivity contribution in [2.75, 3.05) is 18.4 Å². The number of alkyl halides is 2. The van der Waals surface area contributed by atoms with Crippen LogP contribution in [0.15, 0.2) is 35.5 Å². The molecule has 10 nitrogen and oxygen atoms in total. The number of halogens is 2. The maximum absolute atomic E-state index is 13.0. The quantitative estimate of drug-likeness (QED) is 0.319. The van der Waals surface area contributed by atoms with Crippen molar-refractivity contribution in [3.05, 3.63) is 58.2 Å². The van der Waals surface area contributed by atoms with E-state index in [0.29, 0.717) is 30.1 Å². The van der Waals surface area contributed by atoms with E-state index in [9.17, 15) is 9.59 Å². The minimum atomic E-state index is -0.515. The third kappa shape index (κ3) is 6.24. The summed E-state index contributed by atoms with van der Waals surface area (Å²) in [7, 11) is 0. The van der Waals surface area contributed by atoms with Crippen molar-refractivity contribution >= 4 is 40.5 Å². The van der Waals surface area contributed by atoms with Crippen LogP contribution >= 0.6 is 23.2 Å². The van der Waals surface area contributed by atoms with Crippen molar-refractivity contribution in [3.8, 4) is 11.4 Å². The van der Waals surface area contributed by atoms with Gasteiger partial charge in [-0.05, 0) is 53.5 Å². The molecule has 1 amide bonds. The fourth-order valence-electron chi connectivity index (χ4n) is 4.47. The summed E-state index contributed by atoms with van der Waals surface area (Å²) < 4.78 is 8.77. The summed E-state index contributed by atoms with van der Waals surface area (Å²) >= 11 is 9.53. The summed E-state index contributed by atoms with van der Waals surface area (Å²) in [6, 6.07) is 3.39. The molecule has 4 aromatic heterocycles. The number of hydrogen-bond donors (Lipinski definition) is 0. The van der Waals surface area contributed by atoms with E-state index in [1.807, 2.05) is 46.9 Å². The van der Waals surface area contributed by atoms with Gasteiger partial charge in [0.2, 0.25) is 0 Å². The van der Waals surface area contributed by atoms with E-state index in [0.717, 1.165) is 35.4 Å². The Hall–Kier alpha value is -3.24. The average molecular weight is 560 g/mol. The summed E-state index contributed by atoms with van der Waals surface area (Å²) in [5.74, 6) is 0.154. The SMILES string of the molecule is Cc1cn2nc(-c3cc(=O)n4cc(C5CCN(C(=O)OC(C)(C)C)CC5)ncc4n3)cc2c(C)n1.ClCCl. The van der Waals surface area contributed by atoms with Gasteiger partial charge >= 0.3 is 6.09 Å². The maximum atomic E-state index is 13.0. The second-order valence-corrected chi connectivity index (χ2v) is 11.0. The summed E-state index contributed by atoms with van der Waals surface area (Å²) in [5.41, 5.74) is 4.29. The van der Waals surface area contributed by atoms with Crippen LogP contribution in [0.4, 0.5) is 4.79 Å². The molecule has 12 heteroatoms. The number of carbonyl (C=O) groups is 1. The van der Waals surface area contributed by atoms with Gasteiger partial charge < -0.3 is 9.64 Å². The van der Waals surface area contributed by atoms with Crippen LogP contribution < -0.4 is 5.56 Å². The van der Waals surface area contributed by atoms with Crippen LogP contribution in [0.1, 0.15) is 56.6 Å². The van der Waals surface area contributed by atoms with E-state index >= 15 is 0 Å². The van der Waals surface area contributed by atoms with Crippen molar-refractivity contribution < 1.29 is 9.53 Å². The van der Waals surface area contributed by atoms with Crippen LogP contribution in [0.25, 0.3) is 22.6 Å². The highest BCUT2D eigenvalue weighted by atomic mass is 35.5. The molecular weight excluding hydrogens is 529 g/mol. The molecule has 0 spiro atoms. The Morgan fingerprint density at radius 3 is 2.42 bits per heavy atom. The lowest BCUT2D eigenvalue weighted by molar-refractivity contribution is 0.0204. The molecule has 1 saturated heterocycles. The zero-order valence-electron chi connectivity index (χ0n) is 22.1. The third-order valence-corrected chi connectivity index (χ3v) is 6.16. The third-order valence-electron chi connectivity index (χ3n) is 6.16. The first kappa shape index (κ1) is 27.8. The van der Waals surface area contributed by atoms with Gasteiger partial charge in [-0.3, -0.25) is 19.2 Å². The Kier molecular flexibility index (Phi) is 8.22. The van der Waals surface area contributed by atoms with Crippen molar-refractivity contribution in [3.63, 3.8) is 0 Å². The summed E-state index contributed by atoms with van der Waals surface area (Å²) in [6.45, 7) is 10.6. The zero-order valence-corrected chi connectivity index (χ0v) is 23.6. The number of fused-ring (bicyclic) bond motifs is 2. The van der Waals surface area contributed by atoms with Crippen LogP contribution in [-0.2, 0) is 4.74 Å². The number of carbonyl (C=O) groups excluding carboxylic acids is 1. The van der Waals surface area contributed by atoms with E-state index in [2.05, 4.69) is 20.1 Å². The maximum Gasteiger partial charge on any atom is 0.410 e. The predicted octanol–water partition coefficient (Wildman–Crippen LogP) is 4.95. The standard InChI is InChI=1S/C25H29N7O3.CH2Cl2/c1-15-13-32-21(16(2)27-15)10-19(29-32)18-11-23(33)31-14-20(26-12-22(31)28-18)17-6-8-30(9-7-17)24(34)35-25(3,4)5;2-1-3/h10-14,17H,6-9H2,1-5H3;1H2. The van der Waals surface area contributed by atoms with Crippen LogP contribution in [-0.4, -0.2) is 64.0 Å². The van der Waals surface area contributed by atoms with Crippen LogP contribution in [0, 0.1) is 13.8 Å². The Balaban J connectivity index is 0.00000107. The minimum absolute atomic E-state index is 0.154. The van der Waals surface area contributed by atoms with Gasteiger partial charge in [0.05, 0.1) is 46.0 Å². The number of likely N-dealkylation sites (tertiary alicyclic amines) is 1. The fraction of sp³-hybridized carbons (Fsp3) is 0.462. The second kappa shape index (κ2) is 11.2. The first-order chi connectivity index (χ1) is 18.0. The minimum Gasteiger partial charge on any atom is -0.444 e. The van der Waals surface area contributed by atoms with E-state index < -0.39 is 5.60 Å². The molecule has 5 heterocycles. The Morgan fingerprint density at radius 1 is 1.08 bits per heavy atom. The summed E-state index contributed by atoms with van der Waals surface area (Å²) in [4.78, 5) is 40.8. The topological polar surface area (TPSA) is 107 Å². The molecule has 0 atom stereocenters. The van der Waals surface area contributed by atoms with E-state index in [-0.39, 0.29) is 22.9 Å². The predicted molar refractivity (Wildman–Crippen MR) is 147 cm³/mol. The number of piperidine rings is 1. The van der Waals surface area contributed by atoms with E-state index in [1.54, 1.807) is 21.8 Å². The van der Waals surface area contributed by atoms with Crippen LogP contribution in [0.3, 0.4) is 0 Å². The first-order valence-corrected chi connectivity index (χ1v) is 13.4. The molecule has 0 saturated carbocycles. The number of nitrogens with zero attached hydrogens (tertiary/aromatic N) is 7. The molecule has 202 valence electrons. The van der Waals surface area contributed by atoms with Crippen molar-refractivity contribution in [1.82, 2.24) is 33.9 Å². The molecule has 0 aromatic carbocycles. The molecule has 38 heavy (non-hydrogen) atoms. The normalized spacial score (nSPS) is 14.4. The van der Waals surface area contributed by atoms with Gasteiger partial charge in [0.15, 0.2) is 5.65 Å². The van der Waals surface area contributed by atoms with E-state index in [4.69, 9.17) is 27.9 Å². The molecule has 1 fully saturated rings. The molecule has 5 rings (SSSR count). The van der Waals surface area contributed by atoms with Gasteiger partial charge in [-0.1, -0.05) is 0 Å². The smallest absolute Gasteiger partial charge is 0.410 e. The molecule has 0 aliphatic carbocycles. The first-order valence-electron chi connectivity index (χ1n) is 12.3. The molecule has 0 bridgehead atoms. The number of hydrogen-bond acceptors (Lipinski definition) is 7. The number of aromatic nitrogens is 6. The highest BCUT2D eigenvalue weighted by molar-refractivity contribution is 6.40. The number of aryl methyl sites for hydroxylation is 2. The summed E-state index contributed by atoms with van der Waals surface area (Å²) in [5, 5.41) is 4.78. The van der Waals surface area contributed by atoms with Crippen molar-refractivity contribution in [2.24, 2.45) is 0 Å². The summed E-state index contributed by atoms with van der Waals surface area (Å²) in [6.07, 6.45) is 6.47. The molecule has 0 unspecified atom stereocenters. The molecule has 1 aliphatic heterocycles. The lowest BCUT2D eigenvalue weighted by atomic mass is 9.94. The number of ether oxygens (including phenoxy) is 1. The molecule has 0 radical (unpaired) electrons. The van der Waals surface area contributed by atoms with E-state index in [1.165, 1.54) is 10.5 Å². The Labute approximate surface area is 230 Å². The number of rotatable bonds is 2. The van der Waals surface area contributed by atoms with Crippen LogP contribution in [0.2, 0.25) is 0 Å². The molecule has 1 aliphatic rings. The lowest BCUT2D eigenvalue weighted by Crippen LogP contribution is -2.41. The Morgan fingerprint density at radius 2 is 1.76 bits per heavy atom. The van der Waals surface area contributed by atoms with Crippen molar-refractivity contribution in [1.29, 1.82) is 0 Å². The zero-order chi connectivity index (χ0) is 27.6. The molecule has 0 N–H and O–H groups in total. The highest BCUT2D eigenvalue weighted by Crippen LogP contribution is 2.28. The second-order valence-electron chi connectivity index (χ2n) is 10.2. The Bertz CT molecular complexity index is 1520. The highest BCUT2D eigenvalue weighted by Gasteiger charge is 2.28. The van der Waals surface area contributed by atoms with Gasteiger partial charge in [-0.2, -0.15) is 5.10 Å².